The van der Waals surface area contributed by atoms with Gasteiger partial charge in [-0.1, -0.05) is 24.1 Å². The molecule has 0 unspecified atom stereocenters. The van der Waals surface area contributed by atoms with Crippen molar-refractivity contribution in [2.75, 3.05) is 16.8 Å². The molecule has 28 heavy (non-hydrogen) atoms. The number of rotatable bonds is 2. The van der Waals surface area contributed by atoms with E-state index in [-0.39, 0.29) is 10.5 Å². The first-order valence-electron chi connectivity index (χ1n) is 9.19. The van der Waals surface area contributed by atoms with Gasteiger partial charge in [-0.2, -0.15) is 8.42 Å². The van der Waals surface area contributed by atoms with E-state index in [0.29, 0.717) is 28.7 Å². The number of anilines is 2. The minimum atomic E-state index is -3.83. The van der Waals surface area contributed by atoms with Gasteiger partial charge in [0.15, 0.2) is 0 Å². The highest BCUT2D eigenvalue weighted by atomic mass is 35.5. The number of amides is 1. The van der Waals surface area contributed by atoms with E-state index in [0.717, 1.165) is 31.4 Å². The fraction of sp³-hybridized carbons (Fsp3) is 0.300. The lowest BCUT2D eigenvalue weighted by atomic mass is 10.1. The second kappa shape index (κ2) is 7.22. The predicted molar refractivity (Wildman–Crippen MR) is 111 cm³/mol. The van der Waals surface area contributed by atoms with Crippen LogP contribution < -0.4 is 10.2 Å². The molecule has 0 bridgehead atoms. The summed E-state index contributed by atoms with van der Waals surface area (Å²) in [6.07, 6.45) is 3.60. The van der Waals surface area contributed by atoms with Crippen molar-refractivity contribution >= 4 is 44.7 Å². The van der Waals surface area contributed by atoms with Crippen LogP contribution >= 0.6 is 11.6 Å². The minimum Gasteiger partial charge on any atom is -0.328 e. The Morgan fingerprint density at radius 1 is 1.18 bits per heavy atom. The number of carbonyl (C=O) groups is 1. The summed E-state index contributed by atoms with van der Waals surface area (Å²) in [6.45, 7) is 2.54. The molecule has 1 amide bonds. The molecule has 0 spiro atoms. The van der Waals surface area contributed by atoms with E-state index in [1.165, 1.54) is 6.07 Å². The number of hydrogen-bond donors (Lipinski definition) is 1. The zero-order chi connectivity index (χ0) is 19.9. The Hall–Kier alpha value is -2.38. The average molecular weight is 418 g/mol. The van der Waals surface area contributed by atoms with Crippen LogP contribution in [0.5, 0.6) is 0 Å². The number of hydrogen-bond acceptors (Lipinski definition) is 4. The Labute approximate surface area is 169 Å². The normalized spacial score (nSPS) is 17.8. The zero-order valence-electron chi connectivity index (χ0n) is 15.4. The molecule has 0 saturated carbocycles. The van der Waals surface area contributed by atoms with Crippen molar-refractivity contribution in [3.05, 3.63) is 52.5 Å². The van der Waals surface area contributed by atoms with Gasteiger partial charge >= 0.3 is 0 Å². The zero-order valence-corrected chi connectivity index (χ0v) is 17.0. The molecule has 2 aliphatic heterocycles. The third-order valence-corrected chi connectivity index (χ3v) is 6.87. The van der Waals surface area contributed by atoms with Crippen LogP contribution in [0.4, 0.5) is 11.4 Å². The molecule has 0 atom stereocenters. The lowest BCUT2D eigenvalue weighted by Gasteiger charge is -2.29. The van der Waals surface area contributed by atoms with Crippen LogP contribution in [0.2, 0.25) is 5.02 Å². The number of halogens is 1. The van der Waals surface area contributed by atoms with Crippen molar-refractivity contribution in [2.45, 2.75) is 37.5 Å². The monoisotopic (exact) mass is 417 g/mol. The molecular formula is C20H20ClN3O3S. The molecule has 6 nitrogen and oxygen atoms in total. The number of sulfonamides is 1. The van der Waals surface area contributed by atoms with Gasteiger partial charge in [-0.3, -0.25) is 4.79 Å². The van der Waals surface area contributed by atoms with Gasteiger partial charge in [0.2, 0.25) is 0 Å². The molecule has 1 saturated heterocycles. The van der Waals surface area contributed by atoms with E-state index in [9.17, 15) is 13.2 Å². The van der Waals surface area contributed by atoms with Crippen molar-refractivity contribution in [3.63, 3.8) is 0 Å². The number of amidine groups is 1. The van der Waals surface area contributed by atoms with E-state index in [4.69, 9.17) is 11.6 Å². The predicted octanol–water partition coefficient (Wildman–Crippen LogP) is 4.38. The van der Waals surface area contributed by atoms with E-state index in [1.807, 2.05) is 11.8 Å². The molecule has 1 N–H and O–H groups in total. The van der Waals surface area contributed by atoms with Crippen molar-refractivity contribution in [1.29, 1.82) is 0 Å². The fourth-order valence-corrected chi connectivity index (χ4v) is 5.02. The first-order chi connectivity index (χ1) is 13.4. The molecule has 146 valence electrons. The summed E-state index contributed by atoms with van der Waals surface area (Å²) in [6, 6.07) is 10.0. The summed E-state index contributed by atoms with van der Waals surface area (Å²) in [5.74, 6) is 0.200. The highest BCUT2D eigenvalue weighted by Crippen LogP contribution is 2.35. The van der Waals surface area contributed by atoms with Gasteiger partial charge in [0, 0.05) is 29.2 Å². The van der Waals surface area contributed by atoms with Crippen molar-refractivity contribution in [3.8, 4) is 0 Å². The summed E-state index contributed by atoms with van der Waals surface area (Å²) < 4.78 is 29.4. The largest absolute Gasteiger partial charge is 0.328 e. The van der Waals surface area contributed by atoms with Crippen LogP contribution in [0.15, 0.2) is 45.7 Å². The molecule has 2 aromatic carbocycles. The number of nitrogens with one attached hydrogen (secondary N) is 1. The number of benzene rings is 2. The maximum absolute atomic E-state index is 12.7. The number of fused-ring (bicyclic) bond motifs is 3. The Bertz CT molecular complexity index is 1100. The van der Waals surface area contributed by atoms with Crippen LogP contribution in [0.25, 0.3) is 0 Å². The topological polar surface area (TPSA) is 78.8 Å². The highest BCUT2D eigenvalue weighted by molar-refractivity contribution is 7.90. The molecule has 2 aromatic rings. The van der Waals surface area contributed by atoms with Crippen molar-refractivity contribution in [2.24, 2.45) is 4.40 Å². The Morgan fingerprint density at radius 3 is 2.82 bits per heavy atom. The molecule has 4 rings (SSSR count). The summed E-state index contributed by atoms with van der Waals surface area (Å²) in [4.78, 5) is 14.8. The molecule has 8 heteroatoms. The van der Waals surface area contributed by atoms with Crippen molar-refractivity contribution < 1.29 is 13.2 Å². The first-order valence-corrected chi connectivity index (χ1v) is 11.0. The lowest BCUT2D eigenvalue weighted by Crippen LogP contribution is -2.35. The van der Waals surface area contributed by atoms with E-state index in [2.05, 4.69) is 9.71 Å². The van der Waals surface area contributed by atoms with Gasteiger partial charge in [0.05, 0.1) is 5.69 Å². The molecule has 1 fully saturated rings. The Kier molecular flexibility index (Phi) is 4.89. The number of carbonyl (C=O) groups excluding carboxylic acids is 1. The first kappa shape index (κ1) is 19.0. The van der Waals surface area contributed by atoms with Gasteiger partial charge in [-0.15, -0.1) is 4.40 Å². The second-order valence-corrected chi connectivity index (χ2v) is 8.97. The van der Waals surface area contributed by atoms with Gasteiger partial charge in [-0.05, 0) is 55.7 Å². The summed E-state index contributed by atoms with van der Waals surface area (Å²) in [5.41, 5.74) is 2.20. The fourth-order valence-electron chi connectivity index (χ4n) is 3.56. The third kappa shape index (κ3) is 3.40. The molecule has 0 aromatic heterocycles. The standard InChI is InChI=1S/C20H20ClN3O3S/c1-13-15(21)6-5-7-16(13)22-20(25)14-9-10-17-18(12-14)28(26,27)23-19-8-3-2-4-11-24(17)19/h5-7,9-10,12H,2-4,8,11H2,1H3,(H,22,25). The molecule has 0 radical (unpaired) electrons. The lowest BCUT2D eigenvalue weighted by molar-refractivity contribution is 0.102. The molecule has 0 aliphatic carbocycles. The summed E-state index contributed by atoms with van der Waals surface area (Å²) in [5, 5.41) is 3.35. The SMILES string of the molecule is Cc1c(Cl)cccc1NC(=O)c1ccc2c(c1)S(=O)(=O)N=C1CCCCCN12. The Balaban J connectivity index is 1.70. The van der Waals surface area contributed by atoms with Gasteiger partial charge in [0.1, 0.15) is 10.7 Å². The quantitative estimate of drug-likeness (QED) is 0.786. The van der Waals surface area contributed by atoms with Gasteiger partial charge in [-0.25, -0.2) is 0 Å². The third-order valence-electron chi connectivity index (χ3n) is 5.13. The van der Waals surface area contributed by atoms with E-state index < -0.39 is 15.9 Å². The smallest absolute Gasteiger partial charge is 0.286 e. The molecular weight excluding hydrogens is 398 g/mol. The summed E-state index contributed by atoms with van der Waals surface area (Å²) >= 11 is 6.10. The van der Waals surface area contributed by atoms with Crippen LogP contribution in [0.3, 0.4) is 0 Å². The minimum absolute atomic E-state index is 0.0774. The van der Waals surface area contributed by atoms with Crippen LogP contribution in [-0.2, 0) is 10.0 Å². The highest BCUT2D eigenvalue weighted by Gasteiger charge is 2.32. The Morgan fingerprint density at radius 2 is 2.00 bits per heavy atom. The van der Waals surface area contributed by atoms with Crippen LogP contribution in [0, 0.1) is 6.92 Å². The van der Waals surface area contributed by atoms with E-state index >= 15 is 0 Å². The van der Waals surface area contributed by atoms with E-state index in [1.54, 1.807) is 30.3 Å². The van der Waals surface area contributed by atoms with Gasteiger partial charge in [0.25, 0.3) is 15.9 Å². The van der Waals surface area contributed by atoms with Gasteiger partial charge < -0.3 is 10.2 Å². The maximum Gasteiger partial charge on any atom is 0.286 e. The van der Waals surface area contributed by atoms with Crippen molar-refractivity contribution in [1.82, 2.24) is 0 Å². The second-order valence-electron chi connectivity index (χ2n) is 6.99. The number of nitrogens with zero attached hydrogens (tertiary/aromatic N) is 2. The average Bonchev–Trinajstić information content (AvgIpc) is 2.90. The van der Waals surface area contributed by atoms with Crippen LogP contribution in [0.1, 0.15) is 41.6 Å². The maximum atomic E-state index is 12.7. The summed E-state index contributed by atoms with van der Waals surface area (Å²) in [7, 11) is -3.83. The van der Waals surface area contributed by atoms with Crippen LogP contribution in [-0.4, -0.2) is 26.7 Å². The molecule has 2 aliphatic rings. The molecule has 2 heterocycles.